The molecule has 0 fully saturated rings. The lowest BCUT2D eigenvalue weighted by atomic mass is 9.96. The largest absolute Gasteiger partial charge is 0.456 e. The molecule has 0 N–H and O–H groups in total. The van der Waals surface area contributed by atoms with Crippen LogP contribution in [-0.2, 0) is 0 Å². The van der Waals surface area contributed by atoms with Gasteiger partial charge < -0.3 is 4.42 Å². The highest BCUT2D eigenvalue weighted by Crippen LogP contribution is 2.39. The molecule has 4 nitrogen and oxygen atoms in total. The van der Waals surface area contributed by atoms with Gasteiger partial charge in [0.05, 0.1) is 8.22 Å². The minimum absolute atomic E-state index is 0.0204. The van der Waals surface area contributed by atoms with Gasteiger partial charge in [-0.2, -0.15) is 0 Å². The standard InChI is InChI=1S/C45H29N3O/c1-4-11-30(12-5-1)32-19-23-34(24-20-32)38-17-10-18-40-42(38)39-28-27-37(29-41(39)49-40)45-47-43(35-15-8-3-9-16-35)46-44(48-45)36-25-21-33(22-26-36)31-13-6-2-7-14-31/h1-29H/i10D,17D,18D,27D,28D,29D. The van der Waals surface area contributed by atoms with Crippen LogP contribution in [0.1, 0.15) is 8.22 Å². The molecule has 4 heteroatoms. The van der Waals surface area contributed by atoms with Crippen LogP contribution in [0.2, 0.25) is 0 Å². The minimum atomic E-state index is -0.342. The molecule has 9 aromatic rings. The molecule has 0 saturated heterocycles. The van der Waals surface area contributed by atoms with Crippen LogP contribution in [0.25, 0.3) is 89.5 Å². The predicted octanol–water partition coefficient (Wildman–Crippen LogP) is 11.8. The molecular weight excluding hydrogens is 599 g/mol. The number of nitrogens with zero attached hydrogens (tertiary/aromatic N) is 3. The molecule has 0 aliphatic carbocycles. The Morgan fingerprint density at radius 1 is 0.388 bits per heavy atom. The van der Waals surface area contributed by atoms with E-state index in [0.29, 0.717) is 33.9 Å². The van der Waals surface area contributed by atoms with E-state index in [2.05, 4.69) is 0 Å². The lowest BCUT2D eigenvalue weighted by molar-refractivity contribution is 0.669. The molecule has 0 bridgehead atoms. The van der Waals surface area contributed by atoms with Gasteiger partial charge in [0.1, 0.15) is 11.2 Å². The van der Waals surface area contributed by atoms with Crippen molar-refractivity contribution in [2.45, 2.75) is 0 Å². The molecule has 0 spiro atoms. The quantitative estimate of drug-likeness (QED) is 0.183. The zero-order valence-corrected chi connectivity index (χ0v) is 26.0. The van der Waals surface area contributed by atoms with Crippen molar-refractivity contribution in [3.8, 4) is 67.5 Å². The van der Waals surface area contributed by atoms with Gasteiger partial charge in [0, 0.05) is 27.5 Å². The third kappa shape index (κ3) is 5.45. The van der Waals surface area contributed by atoms with Gasteiger partial charge >= 0.3 is 0 Å². The van der Waals surface area contributed by atoms with Crippen molar-refractivity contribution in [1.29, 1.82) is 0 Å². The van der Waals surface area contributed by atoms with Crippen LogP contribution in [0.4, 0.5) is 0 Å². The summed E-state index contributed by atoms with van der Waals surface area (Å²) in [6.45, 7) is 0. The molecule has 0 unspecified atom stereocenters. The van der Waals surface area contributed by atoms with E-state index in [1.165, 1.54) is 0 Å². The Bertz CT molecular complexity index is 2900. The number of rotatable bonds is 6. The van der Waals surface area contributed by atoms with E-state index >= 15 is 0 Å². The zero-order chi connectivity index (χ0) is 37.8. The maximum absolute atomic E-state index is 9.44. The maximum atomic E-state index is 9.44. The van der Waals surface area contributed by atoms with E-state index < -0.39 is 0 Å². The molecule has 2 heterocycles. The second kappa shape index (κ2) is 12.2. The number of hydrogen-bond donors (Lipinski definition) is 0. The van der Waals surface area contributed by atoms with Crippen molar-refractivity contribution in [2.75, 3.05) is 0 Å². The second-order valence-electron chi connectivity index (χ2n) is 11.6. The Labute approximate surface area is 292 Å². The summed E-state index contributed by atoms with van der Waals surface area (Å²) in [5.41, 5.74) is 6.22. The van der Waals surface area contributed by atoms with Crippen molar-refractivity contribution in [3.63, 3.8) is 0 Å². The molecule has 9 rings (SSSR count). The van der Waals surface area contributed by atoms with Gasteiger partial charge in [0.2, 0.25) is 0 Å². The van der Waals surface area contributed by atoms with Gasteiger partial charge in [0.25, 0.3) is 0 Å². The molecule has 0 amide bonds. The van der Waals surface area contributed by atoms with Gasteiger partial charge in [-0.3, -0.25) is 0 Å². The fraction of sp³-hybridized carbons (Fsp3) is 0. The van der Waals surface area contributed by atoms with Gasteiger partial charge in [-0.05, 0) is 51.5 Å². The van der Waals surface area contributed by atoms with E-state index in [9.17, 15) is 4.11 Å². The van der Waals surface area contributed by atoms with Crippen molar-refractivity contribution < 1.29 is 12.6 Å². The van der Waals surface area contributed by atoms with Crippen molar-refractivity contribution in [1.82, 2.24) is 15.0 Å². The van der Waals surface area contributed by atoms with Crippen LogP contribution >= 0.6 is 0 Å². The average Bonchev–Trinajstić information content (AvgIpc) is 3.64. The first-order chi connectivity index (χ1) is 26.8. The van der Waals surface area contributed by atoms with Crippen LogP contribution < -0.4 is 0 Å². The lowest BCUT2D eigenvalue weighted by Crippen LogP contribution is -2.00. The Hall–Kier alpha value is -6.65. The topological polar surface area (TPSA) is 51.8 Å². The Balaban J connectivity index is 1.25. The van der Waals surface area contributed by atoms with E-state index in [1.807, 2.05) is 140 Å². The summed E-state index contributed by atoms with van der Waals surface area (Å²) < 4.78 is 60.8. The summed E-state index contributed by atoms with van der Waals surface area (Å²) >= 11 is 0. The summed E-state index contributed by atoms with van der Waals surface area (Å²) in [5, 5.41) is 0.360. The molecule has 0 atom stereocenters. The van der Waals surface area contributed by atoms with Crippen LogP contribution in [0.5, 0.6) is 0 Å². The smallest absolute Gasteiger partial charge is 0.164 e. The van der Waals surface area contributed by atoms with Gasteiger partial charge in [-0.1, -0.05) is 158 Å². The maximum Gasteiger partial charge on any atom is 0.164 e. The minimum Gasteiger partial charge on any atom is -0.456 e. The molecule has 7 aromatic carbocycles. The summed E-state index contributed by atoms with van der Waals surface area (Å²) in [5.74, 6) is 0.674. The number of furan rings is 1. The van der Waals surface area contributed by atoms with Gasteiger partial charge in [0.15, 0.2) is 17.5 Å². The average molecular weight is 634 g/mol. The summed E-state index contributed by atoms with van der Waals surface area (Å²) in [6.07, 6.45) is 0. The highest BCUT2D eigenvalue weighted by molar-refractivity contribution is 6.13. The lowest BCUT2D eigenvalue weighted by Gasteiger charge is -2.09. The van der Waals surface area contributed by atoms with Crippen LogP contribution in [0.3, 0.4) is 0 Å². The Morgan fingerprint density at radius 2 is 0.837 bits per heavy atom. The molecular formula is C45H29N3O. The molecule has 0 radical (unpaired) electrons. The number of aromatic nitrogens is 3. The second-order valence-corrected chi connectivity index (χ2v) is 11.6. The van der Waals surface area contributed by atoms with Gasteiger partial charge in [-0.15, -0.1) is 0 Å². The fourth-order valence-electron chi connectivity index (χ4n) is 6.01. The first-order valence-electron chi connectivity index (χ1n) is 18.9. The zero-order valence-electron chi connectivity index (χ0n) is 32.0. The summed E-state index contributed by atoms with van der Waals surface area (Å²) in [4.78, 5) is 14.3. The normalized spacial score (nSPS) is 13.0. The van der Waals surface area contributed by atoms with Crippen molar-refractivity contribution in [2.24, 2.45) is 0 Å². The van der Waals surface area contributed by atoms with Crippen molar-refractivity contribution in [3.05, 3.63) is 176 Å². The Morgan fingerprint density at radius 3 is 1.41 bits per heavy atom. The van der Waals surface area contributed by atoms with E-state index in [1.54, 1.807) is 0 Å². The van der Waals surface area contributed by atoms with Crippen molar-refractivity contribution >= 4 is 21.9 Å². The molecule has 49 heavy (non-hydrogen) atoms. The van der Waals surface area contributed by atoms with Crippen LogP contribution in [-0.4, -0.2) is 15.0 Å². The first-order valence-corrected chi connectivity index (χ1v) is 15.9. The molecule has 0 aliphatic rings. The number of hydrogen-bond acceptors (Lipinski definition) is 4. The highest BCUT2D eigenvalue weighted by Gasteiger charge is 2.17. The molecule has 230 valence electrons. The van der Waals surface area contributed by atoms with E-state index in [4.69, 9.17) is 23.5 Å². The fourth-order valence-corrected chi connectivity index (χ4v) is 6.01. The van der Waals surface area contributed by atoms with Crippen LogP contribution in [0, 0.1) is 0 Å². The van der Waals surface area contributed by atoms with Gasteiger partial charge in [-0.25, -0.2) is 15.0 Å². The van der Waals surface area contributed by atoms with E-state index in [0.717, 1.165) is 22.3 Å². The molecule has 0 aliphatic heterocycles. The Kier molecular flexibility index (Phi) is 5.67. The predicted molar refractivity (Wildman–Crippen MR) is 200 cm³/mol. The number of benzene rings is 7. The summed E-state index contributed by atoms with van der Waals surface area (Å²) in [6, 6.07) is 42.8. The molecule has 0 saturated carbocycles. The highest BCUT2D eigenvalue weighted by atomic mass is 16.3. The van der Waals surface area contributed by atoms with Crippen LogP contribution in [0.15, 0.2) is 180 Å². The first kappa shape index (κ1) is 22.8. The summed E-state index contributed by atoms with van der Waals surface area (Å²) in [7, 11) is 0. The third-order valence-corrected chi connectivity index (χ3v) is 8.49. The monoisotopic (exact) mass is 633 g/mol. The molecule has 2 aromatic heterocycles. The number of fused-ring (bicyclic) bond motifs is 3. The third-order valence-electron chi connectivity index (χ3n) is 8.49. The SMILES string of the molecule is [2H]c1c([2H])c(-c2ccc(-c3ccccc3)cc2)c2c(oc3c([2H])c(-c4nc(-c5ccccc5)nc(-c5ccc(-c6ccccc6)cc5)n4)c([2H])c([2H])c32)c1[2H]. The van der Waals surface area contributed by atoms with E-state index in [-0.39, 0.29) is 69.6 Å².